The zero-order valence-electron chi connectivity index (χ0n) is 13.8. The fourth-order valence-electron chi connectivity index (χ4n) is 3.44. The van der Waals surface area contributed by atoms with E-state index in [1.807, 2.05) is 30.6 Å². The van der Waals surface area contributed by atoms with Gasteiger partial charge in [-0.2, -0.15) is 10.2 Å². The molecule has 4 aromatic rings. The number of nitrogens with one attached hydrogen (secondary N) is 1. The molecule has 0 aliphatic carbocycles. The number of rotatable bonds is 3. The molecule has 4 heterocycles. The number of hydrogen-bond donors (Lipinski definition) is 1. The van der Waals surface area contributed by atoms with E-state index in [2.05, 4.69) is 49.0 Å². The molecule has 1 aliphatic rings. The molecular weight excluding hydrogens is 312 g/mol. The molecule has 1 aromatic carbocycles. The van der Waals surface area contributed by atoms with E-state index >= 15 is 0 Å². The van der Waals surface area contributed by atoms with Crippen molar-refractivity contribution in [3.05, 3.63) is 66.1 Å². The summed E-state index contributed by atoms with van der Waals surface area (Å²) in [6.07, 6.45) is 3.67. The van der Waals surface area contributed by atoms with Gasteiger partial charge in [0.15, 0.2) is 0 Å². The lowest BCUT2D eigenvalue weighted by Crippen LogP contribution is -2.33. The second-order valence-corrected chi connectivity index (χ2v) is 6.46. The maximum absolute atomic E-state index is 4.71. The summed E-state index contributed by atoms with van der Waals surface area (Å²) < 4.78 is 2.11. The predicted molar refractivity (Wildman–Crippen MR) is 95.7 cm³/mol. The van der Waals surface area contributed by atoms with Crippen LogP contribution in [-0.4, -0.2) is 36.4 Å². The smallest absolute Gasteiger partial charge is 0.111 e. The van der Waals surface area contributed by atoms with Gasteiger partial charge in [0.25, 0.3) is 0 Å². The number of fused-ring (bicyclic) bond motifs is 2. The van der Waals surface area contributed by atoms with E-state index in [1.165, 1.54) is 11.3 Å². The lowest BCUT2D eigenvalue weighted by molar-refractivity contribution is 0.205. The Morgan fingerprint density at radius 1 is 1.04 bits per heavy atom. The fourth-order valence-corrected chi connectivity index (χ4v) is 3.44. The minimum absolute atomic E-state index is 0.904. The number of pyridine rings is 1. The highest BCUT2D eigenvalue weighted by Crippen LogP contribution is 2.22. The number of H-pyrrole nitrogens is 1. The second-order valence-electron chi connectivity index (χ2n) is 6.46. The van der Waals surface area contributed by atoms with Gasteiger partial charge >= 0.3 is 0 Å². The largest absolute Gasteiger partial charge is 0.291 e. The van der Waals surface area contributed by atoms with Gasteiger partial charge in [0.1, 0.15) is 5.69 Å². The predicted octanol–water partition coefficient (Wildman–Crippen LogP) is 2.84. The van der Waals surface area contributed by atoms with Crippen LogP contribution in [0.5, 0.6) is 0 Å². The van der Waals surface area contributed by atoms with Crippen LogP contribution in [0, 0.1) is 0 Å². The molecule has 1 aliphatic heterocycles. The summed E-state index contributed by atoms with van der Waals surface area (Å²) in [5.74, 6) is 0. The fraction of sp³-hybridized carbons (Fsp3) is 0.211. The van der Waals surface area contributed by atoms with Gasteiger partial charge < -0.3 is 0 Å². The molecule has 5 rings (SSSR count). The van der Waals surface area contributed by atoms with E-state index in [-0.39, 0.29) is 0 Å². The first-order valence-corrected chi connectivity index (χ1v) is 8.48. The van der Waals surface area contributed by atoms with E-state index in [0.717, 1.165) is 48.5 Å². The summed E-state index contributed by atoms with van der Waals surface area (Å²) in [5, 5.41) is 13.0. The van der Waals surface area contributed by atoms with Crippen molar-refractivity contribution in [2.24, 2.45) is 0 Å². The molecule has 6 nitrogen and oxygen atoms in total. The summed E-state index contributed by atoms with van der Waals surface area (Å²) in [7, 11) is 0. The van der Waals surface area contributed by atoms with Gasteiger partial charge in [-0.25, -0.2) is 0 Å². The average molecular weight is 330 g/mol. The van der Waals surface area contributed by atoms with Gasteiger partial charge in [-0.05, 0) is 29.8 Å². The van der Waals surface area contributed by atoms with Crippen molar-refractivity contribution >= 4 is 10.9 Å². The van der Waals surface area contributed by atoms with E-state index < -0.39 is 0 Å². The summed E-state index contributed by atoms with van der Waals surface area (Å²) in [5.41, 5.74) is 5.53. The topological polar surface area (TPSA) is 62.6 Å². The summed E-state index contributed by atoms with van der Waals surface area (Å²) in [6, 6.07) is 14.6. The van der Waals surface area contributed by atoms with Crippen molar-refractivity contribution in [1.82, 2.24) is 29.9 Å². The van der Waals surface area contributed by atoms with Crippen molar-refractivity contribution in [1.29, 1.82) is 0 Å². The highest BCUT2D eigenvalue weighted by Gasteiger charge is 2.19. The molecule has 0 unspecified atom stereocenters. The molecule has 25 heavy (non-hydrogen) atoms. The Hall–Kier alpha value is -2.99. The quantitative estimate of drug-likeness (QED) is 0.627. The van der Waals surface area contributed by atoms with Crippen molar-refractivity contribution in [3.8, 4) is 11.4 Å². The molecule has 0 saturated heterocycles. The number of nitrogens with zero attached hydrogens (tertiary/aromatic N) is 5. The maximum Gasteiger partial charge on any atom is 0.111 e. The monoisotopic (exact) mass is 330 g/mol. The van der Waals surface area contributed by atoms with Crippen molar-refractivity contribution in [2.75, 3.05) is 6.54 Å². The molecule has 3 aromatic heterocycles. The van der Waals surface area contributed by atoms with Crippen molar-refractivity contribution < 1.29 is 0 Å². The van der Waals surface area contributed by atoms with Gasteiger partial charge in [0.05, 0.1) is 29.6 Å². The van der Waals surface area contributed by atoms with Gasteiger partial charge in [0.2, 0.25) is 0 Å². The number of hydrogen-bond acceptors (Lipinski definition) is 4. The molecule has 0 saturated carbocycles. The zero-order chi connectivity index (χ0) is 16.6. The Morgan fingerprint density at radius 3 is 2.96 bits per heavy atom. The third-order valence-electron chi connectivity index (χ3n) is 4.72. The van der Waals surface area contributed by atoms with Crippen LogP contribution in [0.2, 0.25) is 0 Å². The van der Waals surface area contributed by atoms with Crippen molar-refractivity contribution in [2.45, 2.75) is 19.6 Å². The Labute approximate surface area is 145 Å². The number of aromatic amines is 1. The lowest BCUT2D eigenvalue weighted by Gasteiger charge is -2.27. The molecule has 0 fully saturated rings. The minimum atomic E-state index is 0.904. The van der Waals surface area contributed by atoms with Crippen LogP contribution >= 0.6 is 0 Å². The van der Waals surface area contributed by atoms with Crippen LogP contribution in [0.3, 0.4) is 0 Å². The Bertz CT molecular complexity index is 1020. The summed E-state index contributed by atoms with van der Waals surface area (Å²) in [6.45, 7) is 3.74. The maximum atomic E-state index is 4.71. The average Bonchev–Trinajstić information content (AvgIpc) is 3.28. The second kappa shape index (κ2) is 5.82. The van der Waals surface area contributed by atoms with Crippen LogP contribution in [0.1, 0.15) is 11.3 Å². The molecule has 0 radical (unpaired) electrons. The minimum Gasteiger partial charge on any atom is -0.291 e. The van der Waals surface area contributed by atoms with Crippen LogP contribution in [0.4, 0.5) is 0 Å². The Balaban J connectivity index is 1.36. The molecule has 0 bridgehead atoms. The van der Waals surface area contributed by atoms with E-state index in [0.29, 0.717) is 0 Å². The molecule has 0 amide bonds. The highest BCUT2D eigenvalue weighted by atomic mass is 15.3. The Kier molecular flexibility index (Phi) is 3.34. The summed E-state index contributed by atoms with van der Waals surface area (Å²) >= 11 is 0. The van der Waals surface area contributed by atoms with Gasteiger partial charge in [0, 0.05) is 31.2 Å². The number of aromatic nitrogens is 5. The van der Waals surface area contributed by atoms with Gasteiger partial charge in [-0.15, -0.1) is 0 Å². The molecule has 6 heteroatoms. The van der Waals surface area contributed by atoms with Crippen LogP contribution < -0.4 is 0 Å². The van der Waals surface area contributed by atoms with Crippen LogP contribution in [0.25, 0.3) is 22.3 Å². The first-order chi connectivity index (χ1) is 12.3. The standard InChI is InChI=1S/C19H18N6/c1-2-6-20-17(3-1)19-10-16-13-24(7-8-25(16)23-19)12-14-4-5-15-11-21-22-18(15)9-14/h1-6,9-11H,7-8,12-13H2,(H,21,22). The van der Waals surface area contributed by atoms with Gasteiger partial charge in [-0.3, -0.25) is 19.7 Å². The third-order valence-corrected chi connectivity index (χ3v) is 4.72. The van der Waals surface area contributed by atoms with E-state index in [4.69, 9.17) is 5.10 Å². The lowest BCUT2D eigenvalue weighted by atomic mass is 10.1. The first-order valence-electron chi connectivity index (χ1n) is 8.48. The van der Waals surface area contributed by atoms with Crippen LogP contribution in [-0.2, 0) is 19.6 Å². The Morgan fingerprint density at radius 2 is 2.04 bits per heavy atom. The highest BCUT2D eigenvalue weighted by molar-refractivity contribution is 5.78. The normalized spacial score (nSPS) is 14.7. The molecule has 0 atom stereocenters. The van der Waals surface area contributed by atoms with Crippen molar-refractivity contribution in [3.63, 3.8) is 0 Å². The first kappa shape index (κ1) is 14.4. The molecule has 0 spiro atoms. The molecule has 1 N–H and O–H groups in total. The van der Waals surface area contributed by atoms with E-state index in [9.17, 15) is 0 Å². The molecule has 124 valence electrons. The zero-order valence-corrected chi connectivity index (χ0v) is 13.8. The van der Waals surface area contributed by atoms with Gasteiger partial charge in [-0.1, -0.05) is 18.2 Å². The van der Waals surface area contributed by atoms with E-state index in [1.54, 1.807) is 0 Å². The third kappa shape index (κ3) is 2.70. The van der Waals surface area contributed by atoms with Crippen LogP contribution in [0.15, 0.2) is 54.9 Å². The molecular formula is C19H18N6. The summed E-state index contributed by atoms with van der Waals surface area (Å²) in [4.78, 5) is 6.86. The number of benzene rings is 1. The SMILES string of the molecule is c1ccc(-c2cc3n(n2)CCN(Cc2ccc4cn[nH]c4c2)C3)nc1.